The summed E-state index contributed by atoms with van der Waals surface area (Å²) in [5, 5.41) is 2.79. The van der Waals surface area contributed by atoms with E-state index in [9.17, 15) is 14.4 Å². The molecule has 3 rings (SSSR count). The fourth-order valence-corrected chi connectivity index (χ4v) is 3.06. The molecule has 0 bridgehead atoms. The Balaban J connectivity index is 1.86. The number of amides is 3. The van der Waals surface area contributed by atoms with E-state index < -0.39 is 5.91 Å². The number of nitrogens with one attached hydrogen (secondary N) is 1. The lowest BCUT2D eigenvalue weighted by atomic mass is 10.1. The van der Waals surface area contributed by atoms with Gasteiger partial charge in [0, 0.05) is 29.8 Å². The molecule has 7 heteroatoms. The molecule has 27 heavy (non-hydrogen) atoms. The first-order valence-corrected chi connectivity index (χ1v) is 8.69. The summed E-state index contributed by atoms with van der Waals surface area (Å²) >= 11 is 0. The molecule has 0 aromatic heterocycles. The molecular formula is C20H21N3O4. The SMILES string of the molecule is COc1ccc(NC(=O)c2cccc(C(N)=O)c2)cc1N1CCCCC1=O. The Morgan fingerprint density at radius 3 is 2.59 bits per heavy atom. The van der Waals surface area contributed by atoms with Gasteiger partial charge in [0.05, 0.1) is 12.8 Å². The maximum atomic E-state index is 12.5. The lowest BCUT2D eigenvalue weighted by Gasteiger charge is -2.28. The summed E-state index contributed by atoms with van der Waals surface area (Å²) in [7, 11) is 1.54. The largest absolute Gasteiger partial charge is 0.495 e. The third-order valence-electron chi connectivity index (χ3n) is 4.46. The summed E-state index contributed by atoms with van der Waals surface area (Å²) in [6, 6.07) is 11.3. The van der Waals surface area contributed by atoms with Crippen LogP contribution in [0.4, 0.5) is 11.4 Å². The summed E-state index contributed by atoms with van der Waals surface area (Å²) in [6.07, 6.45) is 2.30. The molecule has 2 aromatic carbocycles. The van der Waals surface area contributed by atoms with Crippen molar-refractivity contribution >= 4 is 29.1 Å². The molecule has 2 aromatic rings. The molecule has 0 spiro atoms. The molecule has 1 aliphatic heterocycles. The number of methoxy groups -OCH3 is 1. The first-order chi connectivity index (χ1) is 13.0. The lowest BCUT2D eigenvalue weighted by Crippen LogP contribution is -2.35. The molecule has 3 N–H and O–H groups in total. The van der Waals surface area contributed by atoms with Crippen molar-refractivity contribution in [1.29, 1.82) is 0 Å². The quantitative estimate of drug-likeness (QED) is 0.848. The summed E-state index contributed by atoms with van der Waals surface area (Å²) in [6.45, 7) is 0.618. The van der Waals surface area contributed by atoms with Crippen LogP contribution in [-0.4, -0.2) is 31.4 Å². The normalized spacial score (nSPS) is 14.0. The van der Waals surface area contributed by atoms with Crippen molar-refractivity contribution in [2.24, 2.45) is 5.73 Å². The molecular weight excluding hydrogens is 346 g/mol. The number of anilines is 2. The van der Waals surface area contributed by atoms with E-state index in [4.69, 9.17) is 10.5 Å². The number of ether oxygens (including phenoxy) is 1. The average molecular weight is 367 g/mol. The van der Waals surface area contributed by atoms with Gasteiger partial charge < -0.3 is 20.7 Å². The molecule has 1 fully saturated rings. The van der Waals surface area contributed by atoms with Gasteiger partial charge >= 0.3 is 0 Å². The van der Waals surface area contributed by atoms with Crippen LogP contribution in [0.1, 0.15) is 40.0 Å². The number of primary amides is 1. The van der Waals surface area contributed by atoms with Crippen LogP contribution in [-0.2, 0) is 4.79 Å². The number of nitrogens with two attached hydrogens (primary N) is 1. The van der Waals surface area contributed by atoms with E-state index in [0.29, 0.717) is 35.7 Å². The Kier molecular flexibility index (Phi) is 5.40. The van der Waals surface area contributed by atoms with Crippen molar-refractivity contribution < 1.29 is 19.1 Å². The molecule has 0 radical (unpaired) electrons. The third-order valence-corrected chi connectivity index (χ3v) is 4.46. The standard InChI is InChI=1S/C20H21N3O4/c1-27-17-9-8-15(12-16(17)23-10-3-2-7-18(23)24)22-20(26)14-6-4-5-13(11-14)19(21)25/h4-6,8-9,11-12H,2-3,7,10H2,1H3,(H2,21,25)(H,22,26). The smallest absolute Gasteiger partial charge is 0.255 e. The summed E-state index contributed by atoms with van der Waals surface area (Å²) < 4.78 is 5.38. The minimum Gasteiger partial charge on any atom is -0.495 e. The summed E-state index contributed by atoms with van der Waals surface area (Å²) in [5.74, 6) is -0.365. The van der Waals surface area contributed by atoms with E-state index in [1.807, 2.05) is 0 Å². The average Bonchev–Trinajstić information content (AvgIpc) is 2.68. The van der Waals surface area contributed by atoms with Gasteiger partial charge in [0.2, 0.25) is 11.8 Å². The number of hydrogen-bond donors (Lipinski definition) is 2. The molecule has 7 nitrogen and oxygen atoms in total. The van der Waals surface area contributed by atoms with E-state index in [-0.39, 0.29) is 17.4 Å². The van der Waals surface area contributed by atoms with Crippen LogP contribution in [0.25, 0.3) is 0 Å². The molecule has 0 atom stereocenters. The van der Waals surface area contributed by atoms with Gasteiger partial charge in [-0.25, -0.2) is 0 Å². The fourth-order valence-electron chi connectivity index (χ4n) is 3.06. The molecule has 0 unspecified atom stereocenters. The predicted molar refractivity (Wildman–Crippen MR) is 102 cm³/mol. The predicted octanol–water partition coefficient (Wildman–Crippen LogP) is 2.56. The van der Waals surface area contributed by atoms with Gasteiger partial charge in [0.15, 0.2) is 0 Å². The van der Waals surface area contributed by atoms with E-state index in [0.717, 1.165) is 12.8 Å². The number of hydrogen-bond acceptors (Lipinski definition) is 4. The molecule has 0 aliphatic carbocycles. The molecule has 1 heterocycles. The van der Waals surface area contributed by atoms with Crippen LogP contribution in [0.3, 0.4) is 0 Å². The van der Waals surface area contributed by atoms with Crippen molar-refractivity contribution in [3.63, 3.8) is 0 Å². The van der Waals surface area contributed by atoms with Gasteiger partial charge in [-0.15, -0.1) is 0 Å². The Morgan fingerprint density at radius 2 is 1.89 bits per heavy atom. The summed E-state index contributed by atoms with van der Waals surface area (Å²) in [5.41, 5.74) is 7.00. The summed E-state index contributed by atoms with van der Waals surface area (Å²) in [4.78, 5) is 37.8. The van der Waals surface area contributed by atoms with Gasteiger partial charge in [0.25, 0.3) is 5.91 Å². The van der Waals surface area contributed by atoms with Gasteiger partial charge in [-0.05, 0) is 49.2 Å². The number of benzene rings is 2. The topological polar surface area (TPSA) is 102 Å². The van der Waals surface area contributed by atoms with Crippen molar-refractivity contribution in [3.8, 4) is 5.75 Å². The van der Waals surface area contributed by atoms with Crippen LogP contribution >= 0.6 is 0 Å². The highest BCUT2D eigenvalue weighted by atomic mass is 16.5. The molecule has 1 saturated heterocycles. The van der Waals surface area contributed by atoms with Crippen LogP contribution in [0.5, 0.6) is 5.75 Å². The van der Waals surface area contributed by atoms with Gasteiger partial charge in [0.1, 0.15) is 5.75 Å². The molecule has 3 amide bonds. The van der Waals surface area contributed by atoms with Gasteiger partial charge in [-0.3, -0.25) is 14.4 Å². The van der Waals surface area contributed by atoms with E-state index in [1.165, 1.54) is 6.07 Å². The second-order valence-electron chi connectivity index (χ2n) is 6.29. The van der Waals surface area contributed by atoms with Crippen molar-refractivity contribution in [2.75, 3.05) is 23.9 Å². The number of rotatable bonds is 5. The monoisotopic (exact) mass is 367 g/mol. The Labute approximate surface area is 157 Å². The third kappa shape index (κ3) is 4.08. The first-order valence-electron chi connectivity index (χ1n) is 8.69. The number of carbonyl (C=O) groups is 3. The zero-order valence-corrected chi connectivity index (χ0v) is 15.0. The maximum absolute atomic E-state index is 12.5. The highest BCUT2D eigenvalue weighted by Crippen LogP contribution is 2.33. The van der Waals surface area contributed by atoms with Crippen LogP contribution in [0.15, 0.2) is 42.5 Å². The van der Waals surface area contributed by atoms with Crippen molar-refractivity contribution in [1.82, 2.24) is 0 Å². The minimum absolute atomic E-state index is 0.0391. The lowest BCUT2D eigenvalue weighted by molar-refractivity contribution is -0.119. The highest BCUT2D eigenvalue weighted by molar-refractivity contribution is 6.06. The second-order valence-corrected chi connectivity index (χ2v) is 6.29. The Morgan fingerprint density at radius 1 is 1.11 bits per heavy atom. The zero-order chi connectivity index (χ0) is 19.4. The number of carbonyl (C=O) groups excluding carboxylic acids is 3. The van der Waals surface area contributed by atoms with Gasteiger partial charge in [-0.2, -0.15) is 0 Å². The van der Waals surface area contributed by atoms with Crippen LogP contribution in [0.2, 0.25) is 0 Å². The van der Waals surface area contributed by atoms with E-state index >= 15 is 0 Å². The van der Waals surface area contributed by atoms with Crippen molar-refractivity contribution in [3.05, 3.63) is 53.6 Å². The number of nitrogens with zero attached hydrogens (tertiary/aromatic N) is 1. The fraction of sp³-hybridized carbons (Fsp3) is 0.250. The zero-order valence-electron chi connectivity index (χ0n) is 15.0. The molecule has 0 saturated carbocycles. The number of piperidine rings is 1. The Bertz CT molecular complexity index is 895. The highest BCUT2D eigenvalue weighted by Gasteiger charge is 2.23. The second kappa shape index (κ2) is 7.90. The maximum Gasteiger partial charge on any atom is 0.255 e. The van der Waals surface area contributed by atoms with Crippen molar-refractivity contribution in [2.45, 2.75) is 19.3 Å². The molecule has 140 valence electrons. The van der Waals surface area contributed by atoms with Crippen LogP contribution in [0, 0.1) is 0 Å². The minimum atomic E-state index is -0.597. The molecule has 1 aliphatic rings. The van der Waals surface area contributed by atoms with E-state index in [2.05, 4.69) is 5.32 Å². The van der Waals surface area contributed by atoms with E-state index in [1.54, 1.807) is 48.4 Å². The van der Waals surface area contributed by atoms with Gasteiger partial charge in [-0.1, -0.05) is 6.07 Å². The van der Waals surface area contributed by atoms with Crippen LogP contribution < -0.4 is 20.7 Å². The Hall–Kier alpha value is -3.35. The first kappa shape index (κ1) is 18.4.